The Hall–Kier alpha value is -2.62. The van der Waals surface area contributed by atoms with Crippen LogP contribution in [0.15, 0.2) is 77.3 Å². The first-order valence-corrected chi connectivity index (χ1v) is 5.69. The van der Waals surface area contributed by atoms with Crippen molar-refractivity contribution in [3.05, 3.63) is 73.5 Å². The van der Waals surface area contributed by atoms with Crippen LogP contribution in [0.25, 0.3) is 0 Å². The second-order valence-electron chi connectivity index (χ2n) is 3.12. The molecular formula is C15H15N2O2. The van der Waals surface area contributed by atoms with E-state index in [1.54, 1.807) is 24.6 Å². The van der Waals surface area contributed by atoms with Crippen LogP contribution in [0.3, 0.4) is 0 Å². The van der Waals surface area contributed by atoms with Gasteiger partial charge >= 0.3 is 0 Å². The quantitative estimate of drug-likeness (QED) is 0.667. The van der Waals surface area contributed by atoms with Crippen molar-refractivity contribution in [2.45, 2.75) is 0 Å². The van der Waals surface area contributed by atoms with Crippen molar-refractivity contribution in [3.63, 3.8) is 0 Å². The van der Waals surface area contributed by atoms with Crippen molar-refractivity contribution in [2.75, 3.05) is 6.61 Å². The molecule has 0 bridgehead atoms. The van der Waals surface area contributed by atoms with Crippen molar-refractivity contribution in [2.24, 2.45) is 9.98 Å². The van der Waals surface area contributed by atoms with Crippen molar-refractivity contribution in [1.29, 1.82) is 0 Å². The summed E-state index contributed by atoms with van der Waals surface area (Å²) in [6.07, 6.45) is 24.7. The van der Waals surface area contributed by atoms with Gasteiger partial charge in [0, 0.05) is 6.21 Å². The third kappa shape index (κ3) is 10.3. The predicted molar refractivity (Wildman–Crippen MR) is 77.5 cm³/mol. The van der Waals surface area contributed by atoms with Crippen LogP contribution in [0.2, 0.25) is 0 Å². The minimum absolute atomic E-state index is 0.457. The van der Waals surface area contributed by atoms with Gasteiger partial charge < -0.3 is 9.47 Å². The van der Waals surface area contributed by atoms with Gasteiger partial charge in [0.25, 0.3) is 0 Å². The van der Waals surface area contributed by atoms with Crippen molar-refractivity contribution >= 4 is 12.6 Å². The van der Waals surface area contributed by atoms with Gasteiger partial charge in [0.05, 0.1) is 18.7 Å². The molecule has 0 spiro atoms. The maximum Gasteiger partial charge on any atom is 0.175 e. The third-order valence-electron chi connectivity index (χ3n) is 1.70. The van der Waals surface area contributed by atoms with Gasteiger partial charge in [0.1, 0.15) is 12.8 Å². The zero-order valence-corrected chi connectivity index (χ0v) is 10.4. The Bertz CT molecular complexity index is 411. The average molecular weight is 255 g/mol. The molecule has 0 amide bonds. The lowest BCUT2D eigenvalue weighted by molar-refractivity contribution is 0.367. The van der Waals surface area contributed by atoms with E-state index in [4.69, 9.17) is 9.47 Å². The molecule has 0 N–H and O–H groups in total. The Morgan fingerprint density at radius 3 is 2.63 bits per heavy atom. The van der Waals surface area contributed by atoms with Gasteiger partial charge in [-0.25, -0.2) is 4.99 Å². The van der Waals surface area contributed by atoms with E-state index in [-0.39, 0.29) is 0 Å². The first-order valence-electron chi connectivity index (χ1n) is 5.69. The maximum atomic E-state index is 5.09. The highest BCUT2D eigenvalue weighted by Gasteiger charge is 1.73. The summed E-state index contributed by atoms with van der Waals surface area (Å²) < 4.78 is 10.2. The summed E-state index contributed by atoms with van der Waals surface area (Å²) in [5, 5.41) is 0. The number of hydrogen-bond donors (Lipinski definition) is 0. The molecule has 1 rings (SSSR count). The molecule has 4 heteroatoms. The highest BCUT2D eigenvalue weighted by atomic mass is 16.5. The minimum Gasteiger partial charge on any atom is -0.479 e. The normalized spacial score (nSPS) is 29.9. The van der Waals surface area contributed by atoms with E-state index in [0.717, 1.165) is 0 Å². The second kappa shape index (κ2) is 11.9. The molecule has 4 nitrogen and oxygen atoms in total. The standard InChI is InChI=1S/C15H15N2O2/c1-2-4-6-12-18-14-8-9-16-10-11-17-15-19-13-7-5-3-1/h1-10,12,14-15H,13H2/b3-1+,4-2-,7-5+,11-10?,12-6+,14-8-,16-9+,17-15+. The molecule has 19 heavy (non-hydrogen) atoms. The van der Waals surface area contributed by atoms with Crippen molar-refractivity contribution in [1.82, 2.24) is 0 Å². The average Bonchev–Trinajstić information content (AvgIpc) is 2.43. The number of allylic oxidation sites excluding steroid dienone is 7. The van der Waals surface area contributed by atoms with Crippen molar-refractivity contribution < 1.29 is 9.47 Å². The van der Waals surface area contributed by atoms with Gasteiger partial charge in [-0.05, 0) is 18.2 Å². The molecule has 1 aliphatic heterocycles. The van der Waals surface area contributed by atoms with Crippen LogP contribution >= 0.6 is 0 Å². The molecule has 0 aliphatic carbocycles. The molecule has 1 radical (unpaired) electrons. The molecule has 0 saturated heterocycles. The topological polar surface area (TPSA) is 43.2 Å². The predicted octanol–water partition coefficient (Wildman–Crippen LogP) is 3.10. The summed E-state index contributed by atoms with van der Waals surface area (Å²) in [6.45, 7) is 0.457. The Morgan fingerprint density at radius 2 is 1.68 bits per heavy atom. The number of rotatable bonds is 0. The Morgan fingerprint density at radius 1 is 0.895 bits per heavy atom. The number of aliphatic imine (C=N–C) groups is 2. The second-order valence-corrected chi connectivity index (χ2v) is 3.12. The van der Waals surface area contributed by atoms with Crippen LogP contribution in [0, 0.1) is 6.20 Å². The van der Waals surface area contributed by atoms with Gasteiger partial charge in [-0.15, -0.1) is 0 Å². The molecule has 1 heterocycles. The lowest BCUT2D eigenvalue weighted by Crippen LogP contribution is -1.85. The zero-order chi connectivity index (χ0) is 13.4. The first kappa shape index (κ1) is 14.4. The summed E-state index contributed by atoms with van der Waals surface area (Å²) in [5.41, 5.74) is 0. The van der Waals surface area contributed by atoms with E-state index in [1.165, 1.54) is 18.9 Å². The van der Waals surface area contributed by atoms with E-state index in [1.807, 2.05) is 36.5 Å². The molecule has 0 aromatic carbocycles. The van der Waals surface area contributed by atoms with Gasteiger partial charge in [0.2, 0.25) is 0 Å². The van der Waals surface area contributed by atoms with Gasteiger partial charge in [-0.1, -0.05) is 30.4 Å². The summed E-state index contributed by atoms with van der Waals surface area (Å²) in [4.78, 5) is 7.64. The number of hydrogen-bond acceptors (Lipinski definition) is 4. The molecule has 0 aromatic rings. The Balaban J connectivity index is 2.54. The van der Waals surface area contributed by atoms with E-state index in [0.29, 0.717) is 6.61 Å². The highest BCUT2D eigenvalue weighted by Crippen LogP contribution is 1.85. The van der Waals surface area contributed by atoms with Crippen LogP contribution in [0.1, 0.15) is 0 Å². The van der Waals surface area contributed by atoms with E-state index in [9.17, 15) is 0 Å². The largest absolute Gasteiger partial charge is 0.479 e. The summed E-state index contributed by atoms with van der Waals surface area (Å²) in [6, 6.07) is 0. The maximum absolute atomic E-state index is 5.09. The Labute approximate surface area is 113 Å². The van der Waals surface area contributed by atoms with Crippen LogP contribution in [-0.4, -0.2) is 19.2 Å². The molecule has 97 valence electrons. The molecule has 0 aromatic heterocycles. The van der Waals surface area contributed by atoms with Crippen LogP contribution < -0.4 is 0 Å². The molecule has 0 saturated carbocycles. The lowest BCUT2D eigenvalue weighted by Gasteiger charge is -1.89. The zero-order valence-electron chi connectivity index (χ0n) is 10.4. The third-order valence-corrected chi connectivity index (χ3v) is 1.70. The minimum atomic E-state index is 0.457. The fourth-order valence-corrected chi connectivity index (χ4v) is 0.933. The first-order chi connectivity index (χ1) is 9.50. The van der Waals surface area contributed by atoms with Crippen molar-refractivity contribution in [3.8, 4) is 0 Å². The van der Waals surface area contributed by atoms with E-state index in [2.05, 4.69) is 16.2 Å². The molecule has 0 fully saturated rings. The van der Waals surface area contributed by atoms with Gasteiger partial charge in [-0.2, -0.15) is 0 Å². The SMILES string of the molecule is [C]1=C\N=C\C=C/O/C=C/C=C\C=C\C=C\CO/C=N/1. The van der Waals surface area contributed by atoms with Crippen LogP contribution in [0.5, 0.6) is 0 Å². The molecular weight excluding hydrogens is 240 g/mol. The number of nitrogens with zero attached hydrogens (tertiary/aromatic N) is 2. The lowest BCUT2D eigenvalue weighted by atomic mass is 10.4. The molecule has 0 unspecified atom stereocenters. The molecule has 0 atom stereocenters. The van der Waals surface area contributed by atoms with Gasteiger partial charge in [0.15, 0.2) is 6.40 Å². The Kier molecular flexibility index (Phi) is 9.01. The smallest absolute Gasteiger partial charge is 0.175 e. The van der Waals surface area contributed by atoms with E-state index >= 15 is 0 Å². The van der Waals surface area contributed by atoms with Gasteiger partial charge in [-0.3, -0.25) is 4.99 Å². The summed E-state index contributed by atoms with van der Waals surface area (Å²) in [7, 11) is 0. The van der Waals surface area contributed by atoms with Crippen LogP contribution in [0.4, 0.5) is 0 Å². The summed E-state index contributed by atoms with van der Waals surface area (Å²) >= 11 is 0. The monoisotopic (exact) mass is 255 g/mol. The fraction of sp³-hybridized carbons (Fsp3) is 0.0667. The number of ether oxygens (including phenoxy) is 2. The highest BCUT2D eigenvalue weighted by molar-refractivity contribution is 5.71. The fourth-order valence-electron chi connectivity index (χ4n) is 0.933. The summed E-state index contributed by atoms with van der Waals surface area (Å²) in [5.74, 6) is 0. The van der Waals surface area contributed by atoms with E-state index < -0.39 is 0 Å². The molecule has 1 aliphatic rings. The van der Waals surface area contributed by atoms with Crippen LogP contribution in [-0.2, 0) is 9.47 Å².